The molecule has 0 aliphatic carbocycles. The van der Waals surface area contributed by atoms with Crippen LogP contribution in [-0.4, -0.2) is 29.3 Å². The average Bonchev–Trinajstić information content (AvgIpc) is 2.68. The summed E-state index contributed by atoms with van der Waals surface area (Å²) in [6.07, 6.45) is 0.0465. The van der Waals surface area contributed by atoms with Gasteiger partial charge in [0.05, 0.1) is 7.11 Å². The van der Waals surface area contributed by atoms with Crippen LogP contribution in [0.3, 0.4) is 0 Å². The van der Waals surface area contributed by atoms with Gasteiger partial charge in [0.1, 0.15) is 11.0 Å². The summed E-state index contributed by atoms with van der Waals surface area (Å²) in [5.41, 5.74) is 0.643. The standard InChI is InChI=1S/C12H13N3O3S/c1-18-8-4-2-7(3-5-8)14-10(16)6-9-11(17)15-12(13)19-9/h2-5,9H,6H2,1H3,(H,14,16)(H2,13,15,17). The molecule has 0 aromatic heterocycles. The maximum Gasteiger partial charge on any atom is 0.240 e. The molecule has 1 aromatic rings. The van der Waals surface area contributed by atoms with E-state index in [1.54, 1.807) is 31.4 Å². The van der Waals surface area contributed by atoms with Crippen LogP contribution in [0.15, 0.2) is 24.3 Å². The highest BCUT2D eigenvalue weighted by molar-refractivity contribution is 8.15. The number of methoxy groups -OCH3 is 1. The Labute approximate surface area is 114 Å². The Hall–Kier alpha value is -2.02. The maximum atomic E-state index is 11.8. The molecule has 1 heterocycles. The van der Waals surface area contributed by atoms with E-state index in [1.165, 1.54) is 0 Å². The van der Waals surface area contributed by atoms with Crippen LogP contribution in [0.1, 0.15) is 6.42 Å². The van der Waals surface area contributed by atoms with E-state index in [1.807, 2.05) is 0 Å². The van der Waals surface area contributed by atoms with E-state index in [4.69, 9.17) is 10.1 Å². The first-order chi connectivity index (χ1) is 9.08. The van der Waals surface area contributed by atoms with Gasteiger partial charge in [0.2, 0.25) is 11.8 Å². The summed E-state index contributed by atoms with van der Waals surface area (Å²) in [6.45, 7) is 0. The molecule has 3 N–H and O–H groups in total. The number of hydrogen-bond acceptors (Lipinski definition) is 5. The van der Waals surface area contributed by atoms with Crippen LogP contribution in [0.25, 0.3) is 0 Å². The van der Waals surface area contributed by atoms with Crippen molar-refractivity contribution in [3.8, 4) is 5.75 Å². The molecule has 6 nitrogen and oxygen atoms in total. The van der Waals surface area contributed by atoms with Crippen molar-refractivity contribution in [2.45, 2.75) is 11.7 Å². The third-order valence-corrected chi connectivity index (χ3v) is 3.54. The van der Waals surface area contributed by atoms with Crippen molar-refractivity contribution in [3.05, 3.63) is 24.3 Å². The smallest absolute Gasteiger partial charge is 0.240 e. The Bertz CT molecular complexity index is 515. The lowest BCUT2D eigenvalue weighted by atomic mass is 10.2. The summed E-state index contributed by atoms with van der Waals surface area (Å²) in [7, 11) is 1.57. The molecule has 1 saturated heterocycles. The summed E-state index contributed by atoms with van der Waals surface area (Å²) in [5.74, 6) is 0.157. The van der Waals surface area contributed by atoms with Gasteiger partial charge in [-0.1, -0.05) is 11.8 Å². The fourth-order valence-electron chi connectivity index (χ4n) is 1.61. The molecule has 2 rings (SSSR count). The van der Waals surface area contributed by atoms with Crippen LogP contribution in [0.5, 0.6) is 5.75 Å². The second-order valence-electron chi connectivity index (χ2n) is 3.91. The number of carbonyl (C=O) groups excluding carboxylic acids is 2. The summed E-state index contributed by atoms with van der Waals surface area (Å²) < 4.78 is 5.02. The molecule has 2 amide bonds. The number of thioether (sulfide) groups is 1. The highest BCUT2D eigenvalue weighted by atomic mass is 32.2. The van der Waals surface area contributed by atoms with Gasteiger partial charge in [-0.3, -0.25) is 15.0 Å². The van der Waals surface area contributed by atoms with Crippen LogP contribution in [-0.2, 0) is 9.59 Å². The highest BCUT2D eigenvalue weighted by Crippen LogP contribution is 2.22. The predicted octanol–water partition coefficient (Wildman–Crippen LogP) is 1.19. The van der Waals surface area contributed by atoms with Gasteiger partial charge < -0.3 is 15.4 Å². The summed E-state index contributed by atoms with van der Waals surface area (Å²) in [4.78, 5) is 23.2. The minimum absolute atomic E-state index is 0.0465. The van der Waals surface area contributed by atoms with Crippen LogP contribution < -0.4 is 15.4 Å². The third kappa shape index (κ3) is 3.47. The van der Waals surface area contributed by atoms with Crippen LogP contribution in [0, 0.1) is 5.41 Å². The topological polar surface area (TPSA) is 91.3 Å². The predicted molar refractivity (Wildman–Crippen MR) is 73.5 cm³/mol. The molecule has 1 atom stereocenters. The van der Waals surface area contributed by atoms with E-state index >= 15 is 0 Å². The number of nitrogens with one attached hydrogen (secondary N) is 3. The summed E-state index contributed by atoms with van der Waals surface area (Å²) in [6, 6.07) is 6.92. The Balaban J connectivity index is 1.90. The number of carbonyl (C=O) groups is 2. The first kappa shape index (κ1) is 13.4. The summed E-state index contributed by atoms with van der Waals surface area (Å²) >= 11 is 1.06. The van der Waals surface area contributed by atoms with E-state index in [-0.39, 0.29) is 23.4 Å². The lowest BCUT2D eigenvalue weighted by molar-refractivity contribution is -0.122. The number of rotatable bonds is 4. The highest BCUT2D eigenvalue weighted by Gasteiger charge is 2.31. The zero-order valence-corrected chi connectivity index (χ0v) is 11.0. The quantitative estimate of drug-likeness (QED) is 0.772. The Morgan fingerprint density at radius 2 is 2.16 bits per heavy atom. The largest absolute Gasteiger partial charge is 0.497 e. The molecule has 7 heteroatoms. The van der Waals surface area contributed by atoms with Crippen LogP contribution in [0.4, 0.5) is 5.69 Å². The van der Waals surface area contributed by atoms with Crippen molar-refractivity contribution >= 4 is 34.4 Å². The van der Waals surface area contributed by atoms with Gasteiger partial charge >= 0.3 is 0 Å². The van der Waals surface area contributed by atoms with Gasteiger partial charge in [0.15, 0.2) is 5.17 Å². The van der Waals surface area contributed by atoms with E-state index in [2.05, 4.69) is 10.6 Å². The molecule has 1 aliphatic heterocycles. The third-order valence-electron chi connectivity index (χ3n) is 2.53. The van der Waals surface area contributed by atoms with Gasteiger partial charge in [-0.15, -0.1) is 0 Å². The van der Waals surface area contributed by atoms with Crippen LogP contribution in [0.2, 0.25) is 0 Å². The lowest BCUT2D eigenvalue weighted by Crippen LogP contribution is -2.27. The SMILES string of the molecule is COc1ccc(NC(=O)CC2SC(=N)NC2=O)cc1. The first-order valence-electron chi connectivity index (χ1n) is 5.58. The Kier molecular flexibility index (Phi) is 4.06. The molecule has 1 aliphatic rings. The molecule has 1 fully saturated rings. The molecule has 0 spiro atoms. The Morgan fingerprint density at radius 3 is 2.68 bits per heavy atom. The zero-order valence-electron chi connectivity index (χ0n) is 10.2. The lowest BCUT2D eigenvalue weighted by Gasteiger charge is -2.08. The number of ether oxygens (including phenoxy) is 1. The molecular weight excluding hydrogens is 266 g/mol. The zero-order chi connectivity index (χ0) is 13.8. The number of amidine groups is 1. The van der Waals surface area contributed by atoms with E-state index in [9.17, 15) is 9.59 Å². The summed E-state index contributed by atoms with van der Waals surface area (Å²) in [5, 5.41) is 11.9. The fraction of sp³-hybridized carbons (Fsp3) is 0.250. The van der Waals surface area contributed by atoms with Crippen molar-refractivity contribution in [1.82, 2.24) is 5.32 Å². The van der Waals surface area contributed by atoms with Crippen molar-refractivity contribution in [3.63, 3.8) is 0 Å². The maximum absolute atomic E-state index is 11.8. The van der Waals surface area contributed by atoms with Gasteiger partial charge in [-0.2, -0.15) is 0 Å². The molecule has 1 aromatic carbocycles. The molecule has 1 unspecified atom stereocenters. The van der Waals surface area contributed by atoms with Gasteiger partial charge in [-0.25, -0.2) is 0 Å². The number of hydrogen-bond donors (Lipinski definition) is 3. The van der Waals surface area contributed by atoms with Crippen molar-refractivity contribution in [1.29, 1.82) is 5.41 Å². The fourth-order valence-corrected chi connectivity index (χ4v) is 2.45. The van der Waals surface area contributed by atoms with Gasteiger partial charge in [-0.05, 0) is 24.3 Å². The molecular formula is C12H13N3O3S. The van der Waals surface area contributed by atoms with Gasteiger partial charge in [0, 0.05) is 12.1 Å². The van der Waals surface area contributed by atoms with E-state index < -0.39 is 5.25 Å². The number of amides is 2. The normalized spacial score (nSPS) is 18.1. The minimum Gasteiger partial charge on any atom is -0.497 e. The second kappa shape index (κ2) is 5.75. The number of benzene rings is 1. The van der Waals surface area contributed by atoms with E-state index in [0.717, 1.165) is 11.8 Å². The minimum atomic E-state index is -0.522. The molecule has 0 bridgehead atoms. The number of anilines is 1. The molecule has 0 radical (unpaired) electrons. The average molecular weight is 279 g/mol. The van der Waals surface area contributed by atoms with Crippen molar-refractivity contribution < 1.29 is 14.3 Å². The Morgan fingerprint density at radius 1 is 1.47 bits per heavy atom. The molecule has 100 valence electrons. The molecule has 0 saturated carbocycles. The first-order valence-corrected chi connectivity index (χ1v) is 6.46. The van der Waals surface area contributed by atoms with Crippen LogP contribution >= 0.6 is 11.8 Å². The van der Waals surface area contributed by atoms with Gasteiger partial charge in [0.25, 0.3) is 0 Å². The molecule has 19 heavy (non-hydrogen) atoms. The van der Waals surface area contributed by atoms with Crippen molar-refractivity contribution in [2.24, 2.45) is 0 Å². The monoisotopic (exact) mass is 279 g/mol. The second-order valence-corrected chi connectivity index (χ2v) is 5.12. The van der Waals surface area contributed by atoms with E-state index in [0.29, 0.717) is 11.4 Å². The van der Waals surface area contributed by atoms with Crippen molar-refractivity contribution in [2.75, 3.05) is 12.4 Å².